The summed E-state index contributed by atoms with van der Waals surface area (Å²) in [5.41, 5.74) is 0.965. The summed E-state index contributed by atoms with van der Waals surface area (Å²) in [6.45, 7) is 3.13. The maximum absolute atomic E-state index is 12.8. The average molecular weight is 491 g/mol. The van der Waals surface area contributed by atoms with Gasteiger partial charge in [-0.1, -0.05) is 42.8 Å². The van der Waals surface area contributed by atoms with Gasteiger partial charge in [0, 0.05) is 10.8 Å². The summed E-state index contributed by atoms with van der Waals surface area (Å²) >= 11 is 5.96. The van der Waals surface area contributed by atoms with Crippen LogP contribution in [0.3, 0.4) is 0 Å². The Morgan fingerprint density at radius 1 is 1.03 bits per heavy atom. The molecule has 2 amide bonds. The van der Waals surface area contributed by atoms with Crippen LogP contribution in [0.2, 0.25) is 5.02 Å². The maximum Gasteiger partial charge on any atom is 0.339 e. The number of amides is 2. The first-order chi connectivity index (χ1) is 15.8. The van der Waals surface area contributed by atoms with Gasteiger partial charge in [-0.15, -0.1) is 0 Å². The van der Waals surface area contributed by atoms with Crippen LogP contribution in [0, 0.1) is 0 Å². The molecule has 1 aliphatic heterocycles. The minimum atomic E-state index is -1.36. The first-order valence-corrected chi connectivity index (χ1v) is 11.9. The van der Waals surface area contributed by atoms with Crippen LogP contribution >= 0.6 is 11.6 Å². The molecule has 0 bridgehead atoms. The Bertz CT molecular complexity index is 1120. The summed E-state index contributed by atoms with van der Waals surface area (Å²) < 4.78 is 22.9. The van der Waals surface area contributed by atoms with E-state index in [1.54, 1.807) is 56.3 Å². The summed E-state index contributed by atoms with van der Waals surface area (Å²) in [5, 5.41) is 5.73. The predicted molar refractivity (Wildman–Crippen MR) is 123 cm³/mol. The number of nitrogens with one attached hydrogen (secondary N) is 2. The van der Waals surface area contributed by atoms with Crippen LogP contribution in [0.5, 0.6) is 0 Å². The minimum absolute atomic E-state index is 0.0968. The van der Waals surface area contributed by atoms with Crippen molar-refractivity contribution in [3.05, 3.63) is 76.0 Å². The molecule has 0 aliphatic carbocycles. The zero-order valence-electron chi connectivity index (χ0n) is 18.1. The number of urea groups is 1. The summed E-state index contributed by atoms with van der Waals surface area (Å²) in [7, 11) is -1.36. The van der Waals surface area contributed by atoms with Crippen molar-refractivity contribution in [1.82, 2.24) is 10.6 Å². The van der Waals surface area contributed by atoms with Crippen molar-refractivity contribution in [2.45, 2.75) is 24.8 Å². The second kappa shape index (κ2) is 11.1. The summed E-state index contributed by atoms with van der Waals surface area (Å²) in [5.74, 6) is -1.05. The van der Waals surface area contributed by atoms with E-state index in [0.29, 0.717) is 21.2 Å². The van der Waals surface area contributed by atoms with E-state index < -0.39 is 41.4 Å². The Balaban J connectivity index is 1.94. The normalized spacial score (nSPS) is 16.5. The highest BCUT2D eigenvalue weighted by Gasteiger charge is 2.34. The molecule has 8 nitrogen and oxygen atoms in total. The maximum atomic E-state index is 12.8. The van der Waals surface area contributed by atoms with Gasteiger partial charge in [-0.3, -0.25) is 4.21 Å². The lowest BCUT2D eigenvalue weighted by Gasteiger charge is -2.29. The number of hydrogen-bond acceptors (Lipinski definition) is 6. The third-order valence-corrected chi connectivity index (χ3v) is 6.44. The second-order valence-corrected chi connectivity index (χ2v) is 9.05. The van der Waals surface area contributed by atoms with E-state index in [1.807, 2.05) is 0 Å². The zero-order valence-corrected chi connectivity index (χ0v) is 19.6. The number of carbonyl (C=O) groups excluding carboxylic acids is 3. The summed E-state index contributed by atoms with van der Waals surface area (Å²) in [6, 6.07) is 11.7. The molecule has 2 aromatic rings. The number of esters is 2. The van der Waals surface area contributed by atoms with Crippen molar-refractivity contribution < 1.29 is 28.1 Å². The van der Waals surface area contributed by atoms with Crippen molar-refractivity contribution in [3.63, 3.8) is 0 Å². The molecule has 174 valence electrons. The first-order valence-electron chi connectivity index (χ1n) is 10.2. The van der Waals surface area contributed by atoms with E-state index in [4.69, 9.17) is 21.1 Å². The molecule has 33 heavy (non-hydrogen) atoms. The number of ether oxygens (including phenoxy) is 2. The van der Waals surface area contributed by atoms with Gasteiger partial charge in [-0.25, -0.2) is 14.4 Å². The molecule has 0 spiro atoms. The van der Waals surface area contributed by atoms with Gasteiger partial charge in [0.15, 0.2) is 0 Å². The van der Waals surface area contributed by atoms with Gasteiger partial charge < -0.3 is 20.1 Å². The molecular weight excluding hydrogens is 468 g/mol. The van der Waals surface area contributed by atoms with Gasteiger partial charge in [0.1, 0.15) is 6.61 Å². The zero-order chi connectivity index (χ0) is 24.0. The van der Waals surface area contributed by atoms with Crippen molar-refractivity contribution in [1.29, 1.82) is 0 Å². The van der Waals surface area contributed by atoms with Gasteiger partial charge in [0.05, 0.1) is 45.2 Å². The quantitative estimate of drug-likeness (QED) is 0.548. The van der Waals surface area contributed by atoms with Crippen molar-refractivity contribution in [2.24, 2.45) is 0 Å². The Labute approximate surface area is 198 Å². The Hall–Kier alpha value is -3.17. The monoisotopic (exact) mass is 490 g/mol. The summed E-state index contributed by atoms with van der Waals surface area (Å²) in [4.78, 5) is 38.2. The van der Waals surface area contributed by atoms with Gasteiger partial charge in [-0.05, 0) is 36.8 Å². The molecular formula is C23H23ClN2O6S. The fourth-order valence-corrected chi connectivity index (χ4v) is 4.36. The van der Waals surface area contributed by atoms with Gasteiger partial charge >= 0.3 is 18.0 Å². The molecule has 10 heteroatoms. The van der Waals surface area contributed by atoms with E-state index in [0.717, 1.165) is 0 Å². The highest BCUT2D eigenvalue weighted by Crippen LogP contribution is 2.29. The highest BCUT2D eigenvalue weighted by molar-refractivity contribution is 7.85. The number of halogens is 1. The van der Waals surface area contributed by atoms with Gasteiger partial charge in [-0.2, -0.15) is 0 Å². The summed E-state index contributed by atoms with van der Waals surface area (Å²) in [6.07, 6.45) is 0. The van der Waals surface area contributed by atoms with E-state index in [9.17, 15) is 18.6 Å². The van der Waals surface area contributed by atoms with Crippen LogP contribution in [-0.2, 0) is 25.1 Å². The third-order valence-electron chi connectivity index (χ3n) is 4.81. The SMILES string of the molecule is CCOC(=O)C1=C(COC(=O)c2ccccc2S(=O)CC)NC(=O)NC1c1ccc(Cl)cc1. The van der Waals surface area contributed by atoms with Crippen LogP contribution in [0.15, 0.2) is 64.7 Å². The lowest BCUT2D eigenvalue weighted by atomic mass is 9.95. The van der Waals surface area contributed by atoms with Crippen LogP contribution < -0.4 is 10.6 Å². The van der Waals surface area contributed by atoms with E-state index in [1.165, 1.54) is 6.07 Å². The number of benzene rings is 2. The molecule has 0 fully saturated rings. The predicted octanol–water partition coefficient (Wildman–Crippen LogP) is 3.50. The molecule has 2 N–H and O–H groups in total. The van der Waals surface area contributed by atoms with E-state index in [2.05, 4.69) is 10.6 Å². The third kappa shape index (κ3) is 5.80. The molecule has 3 rings (SSSR count). The molecule has 0 saturated carbocycles. The first kappa shape index (κ1) is 24.5. The second-order valence-electron chi connectivity index (χ2n) is 6.90. The standard InChI is InChI=1S/C23H23ClN2O6S/c1-3-31-22(28)19-17(25-23(29)26-20(19)14-9-11-15(24)12-10-14)13-32-21(27)16-7-5-6-8-18(16)33(30)4-2/h5-12,20H,3-4,13H2,1-2H3,(H2,25,26,29). The smallest absolute Gasteiger partial charge is 0.339 e. The molecule has 0 radical (unpaired) electrons. The van der Waals surface area contributed by atoms with Crippen molar-refractivity contribution >= 4 is 40.4 Å². The number of rotatable bonds is 8. The number of hydrogen-bond donors (Lipinski definition) is 2. The fraction of sp³-hybridized carbons (Fsp3) is 0.261. The molecule has 1 heterocycles. The average Bonchev–Trinajstić information content (AvgIpc) is 2.82. The molecule has 1 aliphatic rings. The lowest BCUT2D eigenvalue weighted by Crippen LogP contribution is -2.47. The Morgan fingerprint density at radius 2 is 1.73 bits per heavy atom. The Morgan fingerprint density at radius 3 is 2.39 bits per heavy atom. The van der Waals surface area contributed by atoms with E-state index in [-0.39, 0.29) is 23.4 Å². The van der Waals surface area contributed by atoms with Crippen LogP contribution in [-0.4, -0.2) is 41.1 Å². The van der Waals surface area contributed by atoms with Crippen molar-refractivity contribution in [2.75, 3.05) is 19.0 Å². The molecule has 2 unspecified atom stereocenters. The van der Waals surface area contributed by atoms with E-state index >= 15 is 0 Å². The van der Waals surface area contributed by atoms with Gasteiger partial charge in [0.2, 0.25) is 0 Å². The van der Waals surface area contributed by atoms with Crippen LogP contribution in [0.4, 0.5) is 4.79 Å². The topological polar surface area (TPSA) is 111 Å². The molecule has 0 saturated heterocycles. The largest absolute Gasteiger partial charge is 0.463 e. The minimum Gasteiger partial charge on any atom is -0.463 e. The van der Waals surface area contributed by atoms with Gasteiger partial charge in [0.25, 0.3) is 0 Å². The van der Waals surface area contributed by atoms with Crippen LogP contribution in [0.25, 0.3) is 0 Å². The molecule has 0 aromatic heterocycles. The Kier molecular flexibility index (Phi) is 8.24. The number of carbonyl (C=O) groups is 3. The highest BCUT2D eigenvalue weighted by atomic mass is 35.5. The lowest BCUT2D eigenvalue weighted by molar-refractivity contribution is -0.139. The molecule has 2 aromatic carbocycles. The van der Waals surface area contributed by atoms with Crippen LogP contribution in [0.1, 0.15) is 35.8 Å². The van der Waals surface area contributed by atoms with Crippen molar-refractivity contribution in [3.8, 4) is 0 Å². The fourth-order valence-electron chi connectivity index (χ4n) is 3.29. The molecule has 2 atom stereocenters.